The zero-order valence-electron chi connectivity index (χ0n) is 17.9. The number of fused-ring (bicyclic) bond motifs is 1. The average molecular weight is 423 g/mol. The molecule has 0 bridgehead atoms. The number of rotatable bonds is 5. The Bertz CT molecular complexity index is 1390. The van der Waals surface area contributed by atoms with Gasteiger partial charge in [-0.2, -0.15) is 5.26 Å². The van der Waals surface area contributed by atoms with E-state index in [0.717, 1.165) is 33.2 Å². The van der Waals surface area contributed by atoms with Crippen LogP contribution in [0.3, 0.4) is 0 Å². The van der Waals surface area contributed by atoms with Crippen LogP contribution in [0.1, 0.15) is 22.3 Å². The van der Waals surface area contributed by atoms with Crippen molar-refractivity contribution >= 4 is 28.6 Å². The van der Waals surface area contributed by atoms with Crippen LogP contribution in [0.4, 0.5) is 10.1 Å². The molecule has 0 radical (unpaired) electrons. The number of benzene rings is 3. The molecule has 0 saturated heterocycles. The van der Waals surface area contributed by atoms with Gasteiger partial charge < -0.3 is 9.88 Å². The maximum atomic E-state index is 13.6. The summed E-state index contributed by atoms with van der Waals surface area (Å²) in [5, 5.41) is 13.4. The van der Waals surface area contributed by atoms with Crippen molar-refractivity contribution in [1.82, 2.24) is 4.57 Å². The van der Waals surface area contributed by atoms with E-state index in [2.05, 4.69) is 5.32 Å². The molecular formula is C27H22FN3O. The number of carbonyl (C=O) groups excluding carboxylic acids is 1. The summed E-state index contributed by atoms with van der Waals surface area (Å²) >= 11 is 0. The smallest absolute Gasteiger partial charge is 0.266 e. The topological polar surface area (TPSA) is 57.8 Å². The first-order valence-electron chi connectivity index (χ1n) is 10.3. The fourth-order valence-electron chi connectivity index (χ4n) is 3.72. The third-order valence-electron chi connectivity index (χ3n) is 5.37. The lowest BCUT2D eigenvalue weighted by Gasteiger charge is -2.08. The van der Waals surface area contributed by atoms with E-state index in [1.807, 2.05) is 79.2 Å². The fourth-order valence-corrected chi connectivity index (χ4v) is 3.72. The second-order valence-corrected chi connectivity index (χ2v) is 7.80. The molecule has 1 heterocycles. The SMILES string of the molecule is Cc1ccc(C)c(NC(=O)/C(C#N)=C/c2cn(Cc3cccc(F)c3)c3ccccc23)c1. The molecule has 0 spiro atoms. The van der Waals surface area contributed by atoms with Crippen LogP contribution in [0.5, 0.6) is 0 Å². The van der Waals surface area contributed by atoms with Gasteiger partial charge in [0.05, 0.1) is 0 Å². The van der Waals surface area contributed by atoms with Gasteiger partial charge in [0.15, 0.2) is 0 Å². The van der Waals surface area contributed by atoms with Gasteiger partial charge in [-0.15, -0.1) is 0 Å². The number of para-hydroxylation sites is 1. The molecule has 0 atom stereocenters. The summed E-state index contributed by atoms with van der Waals surface area (Å²) in [4.78, 5) is 12.8. The molecule has 4 aromatic rings. The van der Waals surface area contributed by atoms with Crippen LogP contribution in [-0.4, -0.2) is 10.5 Å². The Morgan fingerprint density at radius 1 is 1.09 bits per heavy atom. The van der Waals surface area contributed by atoms with Gasteiger partial charge in [0.1, 0.15) is 17.5 Å². The van der Waals surface area contributed by atoms with Crippen molar-refractivity contribution in [3.05, 3.63) is 107 Å². The number of hydrogen-bond donors (Lipinski definition) is 1. The molecule has 3 aromatic carbocycles. The highest BCUT2D eigenvalue weighted by atomic mass is 19.1. The molecule has 0 aliphatic heterocycles. The molecule has 0 fully saturated rings. The summed E-state index contributed by atoms with van der Waals surface area (Å²) in [6, 6.07) is 22.0. The monoisotopic (exact) mass is 423 g/mol. The highest BCUT2D eigenvalue weighted by Crippen LogP contribution is 2.25. The van der Waals surface area contributed by atoms with Crippen molar-refractivity contribution in [1.29, 1.82) is 5.26 Å². The number of hydrogen-bond acceptors (Lipinski definition) is 2. The van der Waals surface area contributed by atoms with E-state index in [9.17, 15) is 14.4 Å². The van der Waals surface area contributed by atoms with E-state index >= 15 is 0 Å². The summed E-state index contributed by atoms with van der Waals surface area (Å²) in [5.74, 6) is -0.739. The van der Waals surface area contributed by atoms with Gasteiger partial charge in [-0.05, 0) is 60.9 Å². The number of anilines is 1. The molecule has 4 nitrogen and oxygen atoms in total. The third-order valence-corrected chi connectivity index (χ3v) is 5.37. The Hall–Kier alpha value is -4.17. The van der Waals surface area contributed by atoms with E-state index in [-0.39, 0.29) is 11.4 Å². The highest BCUT2D eigenvalue weighted by Gasteiger charge is 2.14. The first-order chi connectivity index (χ1) is 15.4. The minimum Gasteiger partial charge on any atom is -0.342 e. The van der Waals surface area contributed by atoms with Gasteiger partial charge in [-0.25, -0.2) is 4.39 Å². The minimum atomic E-state index is -0.455. The number of carbonyl (C=O) groups is 1. The van der Waals surface area contributed by atoms with Crippen LogP contribution in [0.15, 0.2) is 78.5 Å². The molecule has 0 aliphatic carbocycles. The molecule has 1 aromatic heterocycles. The lowest BCUT2D eigenvalue weighted by atomic mass is 10.1. The van der Waals surface area contributed by atoms with E-state index in [0.29, 0.717) is 12.2 Å². The van der Waals surface area contributed by atoms with Gasteiger partial charge in [0.2, 0.25) is 0 Å². The highest BCUT2D eigenvalue weighted by molar-refractivity contribution is 6.11. The molecule has 32 heavy (non-hydrogen) atoms. The first kappa shape index (κ1) is 21.1. The Labute approximate surface area is 186 Å². The van der Waals surface area contributed by atoms with Crippen molar-refractivity contribution in [2.75, 3.05) is 5.32 Å². The lowest BCUT2D eigenvalue weighted by Crippen LogP contribution is -2.14. The zero-order valence-corrected chi connectivity index (χ0v) is 17.9. The maximum Gasteiger partial charge on any atom is 0.266 e. The number of amides is 1. The third kappa shape index (κ3) is 4.45. The van der Waals surface area contributed by atoms with Gasteiger partial charge in [-0.3, -0.25) is 4.79 Å². The molecule has 5 heteroatoms. The molecule has 1 N–H and O–H groups in total. The van der Waals surface area contributed by atoms with Crippen LogP contribution in [0, 0.1) is 31.0 Å². The summed E-state index contributed by atoms with van der Waals surface area (Å²) in [6.45, 7) is 4.33. The normalized spacial score (nSPS) is 11.4. The average Bonchev–Trinajstić information content (AvgIpc) is 3.12. The van der Waals surface area contributed by atoms with E-state index in [1.54, 1.807) is 12.1 Å². The molecule has 1 amide bonds. The molecule has 4 rings (SSSR count). The second kappa shape index (κ2) is 8.91. The van der Waals surface area contributed by atoms with Crippen molar-refractivity contribution in [2.45, 2.75) is 20.4 Å². The largest absolute Gasteiger partial charge is 0.342 e. The Morgan fingerprint density at radius 2 is 1.91 bits per heavy atom. The number of halogens is 1. The fraction of sp³-hybridized carbons (Fsp3) is 0.111. The first-order valence-corrected chi connectivity index (χ1v) is 10.3. The molecular weight excluding hydrogens is 401 g/mol. The van der Waals surface area contributed by atoms with Crippen LogP contribution in [0.25, 0.3) is 17.0 Å². The predicted octanol–water partition coefficient (Wildman–Crippen LogP) is 5.99. The maximum absolute atomic E-state index is 13.6. The standard InChI is InChI=1S/C27H22FN3O/c1-18-10-11-19(2)25(12-18)30-27(32)21(15-29)14-22-17-31(26-9-4-3-8-24(22)26)16-20-6-5-7-23(28)13-20/h3-14,17H,16H2,1-2H3,(H,30,32)/b21-14+. The van der Waals surface area contributed by atoms with Crippen LogP contribution >= 0.6 is 0 Å². The van der Waals surface area contributed by atoms with Crippen LogP contribution < -0.4 is 5.32 Å². The second-order valence-electron chi connectivity index (χ2n) is 7.80. The molecule has 158 valence electrons. The number of aryl methyl sites for hydroxylation is 2. The van der Waals surface area contributed by atoms with Gasteiger partial charge in [0, 0.05) is 34.9 Å². The molecule has 0 aliphatic rings. The van der Waals surface area contributed by atoms with Crippen LogP contribution in [-0.2, 0) is 11.3 Å². The summed E-state index contributed by atoms with van der Waals surface area (Å²) in [7, 11) is 0. The van der Waals surface area contributed by atoms with Crippen molar-refractivity contribution in [3.63, 3.8) is 0 Å². The van der Waals surface area contributed by atoms with E-state index < -0.39 is 5.91 Å². The minimum absolute atomic E-state index is 0.0135. The number of nitrogens with zero attached hydrogens (tertiary/aromatic N) is 2. The molecule has 0 saturated carbocycles. The predicted molar refractivity (Wildman–Crippen MR) is 126 cm³/mol. The quantitative estimate of drug-likeness (QED) is 0.317. The lowest BCUT2D eigenvalue weighted by molar-refractivity contribution is -0.112. The van der Waals surface area contributed by atoms with Crippen molar-refractivity contribution in [2.24, 2.45) is 0 Å². The number of aromatic nitrogens is 1. The van der Waals surface area contributed by atoms with Gasteiger partial charge in [0.25, 0.3) is 5.91 Å². The van der Waals surface area contributed by atoms with E-state index in [4.69, 9.17) is 0 Å². The van der Waals surface area contributed by atoms with Crippen molar-refractivity contribution in [3.8, 4) is 6.07 Å². The summed E-state index contributed by atoms with van der Waals surface area (Å²) in [5.41, 5.74) is 5.17. The van der Waals surface area contributed by atoms with Gasteiger partial charge >= 0.3 is 0 Å². The van der Waals surface area contributed by atoms with Gasteiger partial charge in [-0.1, -0.05) is 42.5 Å². The Kier molecular flexibility index (Phi) is 5.87. The number of nitriles is 1. The number of nitrogens with one attached hydrogen (secondary N) is 1. The summed E-state index contributed by atoms with van der Waals surface area (Å²) < 4.78 is 15.6. The van der Waals surface area contributed by atoms with Crippen LogP contribution in [0.2, 0.25) is 0 Å². The zero-order chi connectivity index (χ0) is 22.7. The van der Waals surface area contributed by atoms with E-state index in [1.165, 1.54) is 12.1 Å². The van der Waals surface area contributed by atoms with Crippen molar-refractivity contribution < 1.29 is 9.18 Å². The molecule has 0 unspecified atom stereocenters. The Balaban J connectivity index is 1.69. The summed E-state index contributed by atoms with van der Waals surface area (Å²) in [6.07, 6.45) is 3.49. The Morgan fingerprint density at radius 3 is 2.69 bits per heavy atom.